The molecule has 0 unspecified atom stereocenters. The lowest BCUT2D eigenvalue weighted by molar-refractivity contribution is 0.364. The van der Waals surface area contributed by atoms with E-state index in [9.17, 15) is 5.11 Å². The van der Waals surface area contributed by atoms with Crippen LogP contribution in [-0.2, 0) is 0 Å². The minimum atomic E-state index is 0.0943. The number of para-hydroxylation sites is 2. The lowest BCUT2D eigenvalue weighted by Crippen LogP contribution is -1.92. The predicted octanol–water partition coefficient (Wildman–Crippen LogP) is 5.10. The van der Waals surface area contributed by atoms with Crippen LogP contribution in [0.5, 0.6) is 11.5 Å². The number of hydrogen-bond donors (Lipinski definition) is 1. The molecule has 0 fully saturated rings. The summed E-state index contributed by atoms with van der Waals surface area (Å²) >= 11 is 3.18. The zero-order chi connectivity index (χ0) is 14.2. The molecular weight excluding hydrogens is 320 g/mol. The van der Waals surface area contributed by atoms with E-state index in [0.717, 1.165) is 0 Å². The summed E-state index contributed by atoms with van der Waals surface area (Å²) in [6.45, 7) is 0.439. The fourth-order valence-electron chi connectivity index (χ4n) is 1.49. The number of benzene rings is 2. The normalized spacial score (nSPS) is 11.2. The molecule has 2 rings (SSSR count). The van der Waals surface area contributed by atoms with Crippen LogP contribution in [0.4, 0.5) is 11.4 Å². The first-order valence-corrected chi connectivity index (χ1v) is 6.89. The van der Waals surface area contributed by atoms with Gasteiger partial charge in [-0.3, -0.25) is 0 Å². The van der Waals surface area contributed by atoms with Crippen LogP contribution < -0.4 is 4.74 Å². The molecule has 4 nitrogen and oxygen atoms in total. The molecule has 0 aliphatic carbocycles. The molecule has 0 saturated heterocycles. The molecule has 0 amide bonds. The highest BCUT2D eigenvalue weighted by atomic mass is 79.9. The Morgan fingerprint density at radius 3 is 2.40 bits per heavy atom. The second kappa shape index (κ2) is 7.45. The molecule has 0 radical (unpaired) electrons. The molecular formula is C15H13BrN2O2. The predicted molar refractivity (Wildman–Crippen MR) is 82.3 cm³/mol. The van der Waals surface area contributed by atoms with Crippen molar-refractivity contribution in [3.8, 4) is 11.5 Å². The third-order valence-electron chi connectivity index (χ3n) is 2.44. The molecule has 102 valence electrons. The molecule has 0 spiro atoms. The number of hydrogen-bond acceptors (Lipinski definition) is 4. The Balaban J connectivity index is 2.18. The van der Waals surface area contributed by atoms with E-state index in [1.54, 1.807) is 35.3 Å². The first-order valence-electron chi connectivity index (χ1n) is 5.98. The van der Waals surface area contributed by atoms with Gasteiger partial charge in [0.05, 0.1) is 0 Å². The summed E-state index contributed by atoms with van der Waals surface area (Å²) in [6, 6.07) is 14.1. The maximum atomic E-state index is 9.63. The van der Waals surface area contributed by atoms with Gasteiger partial charge in [0.15, 0.2) is 0 Å². The Labute approximate surface area is 125 Å². The van der Waals surface area contributed by atoms with Gasteiger partial charge in [0.2, 0.25) is 0 Å². The van der Waals surface area contributed by atoms with Crippen LogP contribution in [0.1, 0.15) is 0 Å². The van der Waals surface area contributed by atoms with Gasteiger partial charge in [0.1, 0.15) is 29.5 Å². The van der Waals surface area contributed by atoms with E-state index in [0.29, 0.717) is 23.7 Å². The number of rotatable bonds is 5. The number of phenols is 1. The maximum absolute atomic E-state index is 9.63. The summed E-state index contributed by atoms with van der Waals surface area (Å²) < 4.78 is 5.56. The lowest BCUT2D eigenvalue weighted by atomic mass is 10.3. The third-order valence-corrected chi connectivity index (χ3v) is 2.81. The quantitative estimate of drug-likeness (QED) is 0.775. The van der Waals surface area contributed by atoms with Crippen molar-refractivity contribution in [2.45, 2.75) is 0 Å². The Hall–Kier alpha value is -2.14. The third kappa shape index (κ3) is 3.93. The van der Waals surface area contributed by atoms with Gasteiger partial charge in [-0.1, -0.05) is 40.2 Å². The van der Waals surface area contributed by atoms with Crippen molar-refractivity contribution in [1.82, 2.24) is 0 Å². The van der Waals surface area contributed by atoms with Gasteiger partial charge in [-0.25, -0.2) is 0 Å². The molecule has 5 heteroatoms. The number of aromatic hydroxyl groups is 1. The summed E-state index contributed by atoms with van der Waals surface area (Å²) in [7, 11) is 0. The minimum absolute atomic E-state index is 0.0943. The van der Waals surface area contributed by atoms with Crippen molar-refractivity contribution in [2.24, 2.45) is 10.2 Å². The van der Waals surface area contributed by atoms with Crippen LogP contribution in [-0.4, -0.2) is 11.7 Å². The van der Waals surface area contributed by atoms with Crippen molar-refractivity contribution in [3.05, 3.63) is 59.6 Å². The molecule has 0 saturated carbocycles. The smallest absolute Gasteiger partial charge is 0.147 e. The van der Waals surface area contributed by atoms with Gasteiger partial charge in [-0.2, -0.15) is 0 Å². The van der Waals surface area contributed by atoms with Crippen molar-refractivity contribution in [1.29, 1.82) is 0 Å². The van der Waals surface area contributed by atoms with E-state index in [1.807, 2.05) is 24.3 Å². The van der Waals surface area contributed by atoms with Crippen LogP contribution in [0.25, 0.3) is 0 Å². The molecule has 0 aliphatic heterocycles. The summed E-state index contributed by atoms with van der Waals surface area (Å²) in [5.41, 5.74) is 1.03. The average molecular weight is 333 g/mol. The summed E-state index contributed by atoms with van der Waals surface area (Å²) in [5, 5.41) is 17.8. The van der Waals surface area contributed by atoms with Crippen molar-refractivity contribution in [2.75, 3.05) is 6.61 Å². The van der Waals surface area contributed by atoms with E-state index in [2.05, 4.69) is 26.2 Å². The van der Waals surface area contributed by atoms with E-state index >= 15 is 0 Å². The maximum Gasteiger partial charge on any atom is 0.147 e. The Bertz CT molecular complexity index is 627. The van der Waals surface area contributed by atoms with Gasteiger partial charge in [0, 0.05) is 0 Å². The van der Waals surface area contributed by atoms with Crippen molar-refractivity contribution in [3.63, 3.8) is 0 Å². The van der Waals surface area contributed by atoms with E-state index in [1.165, 1.54) is 0 Å². The van der Waals surface area contributed by atoms with Crippen LogP contribution in [0.15, 0.2) is 69.8 Å². The SMILES string of the molecule is Oc1ccccc1N=Nc1ccccc1OC/C=C/Br. The molecule has 2 aromatic carbocycles. The average Bonchev–Trinajstić information content (AvgIpc) is 2.48. The monoisotopic (exact) mass is 332 g/mol. The minimum Gasteiger partial charge on any atom is -0.506 e. The number of phenolic OH excluding ortho intramolecular Hbond substituents is 1. The fraction of sp³-hybridized carbons (Fsp3) is 0.0667. The van der Waals surface area contributed by atoms with Crippen LogP contribution in [0.2, 0.25) is 0 Å². The van der Waals surface area contributed by atoms with Gasteiger partial charge < -0.3 is 9.84 Å². The van der Waals surface area contributed by atoms with Crippen molar-refractivity contribution < 1.29 is 9.84 Å². The Morgan fingerprint density at radius 2 is 1.65 bits per heavy atom. The van der Waals surface area contributed by atoms with Crippen LogP contribution in [0, 0.1) is 0 Å². The van der Waals surface area contributed by atoms with Crippen LogP contribution in [0.3, 0.4) is 0 Å². The van der Waals surface area contributed by atoms with Gasteiger partial charge in [-0.05, 0) is 35.3 Å². The largest absolute Gasteiger partial charge is 0.506 e. The van der Waals surface area contributed by atoms with E-state index in [4.69, 9.17) is 4.74 Å². The molecule has 20 heavy (non-hydrogen) atoms. The molecule has 0 aromatic heterocycles. The van der Waals surface area contributed by atoms with Gasteiger partial charge >= 0.3 is 0 Å². The second-order valence-corrected chi connectivity index (χ2v) is 4.36. The summed E-state index contributed by atoms with van der Waals surface area (Å²) in [6.07, 6.45) is 1.83. The van der Waals surface area contributed by atoms with E-state index in [-0.39, 0.29) is 5.75 Å². The lowest BCUT2D eigenvalue weighted by Gasteiger charge is -2.05. The van der Waals surface area contributed by atoms with Crippen molar-refractivity contribution >= 4 is 27.3 Å². The molecule has 0 atom stereocenters. The Morgan fingerprint density at radius 1 is 1.00 bits per heavy atom. The molecule has 0 bridgehead atoms. The topological polar surface area (TPSA) is 54.2 Å². The van der Waals surface area contributed by atoms with Crippen LogP contribution >= 0.6 is 15.9 Å². The highest BCUT2D eigenvalue weighted by molar-refractivity contribution is 9.11. The second-order valence-electron chi connectivity index (χ2n) is 3.83. The van der Waals surface area contributed by atoms with E-state index < -0.39 is 0 Å². The Kier molecular flexibility index (Phi) is 5.32. The zero-order valence-electron chi connectivity index (χ0n) is 10.6. The first-order chi connectivity index (χ1) is 9.81. The molecule has 0 aliphatic rings. The summed E-state index contributed by atoms with van der Waals surface area (Å²) in [4.78, 5) is 1.74. The highest BCUT2D eigenvalue weighted by Gasteiger charge is 2.02. The molecule has 1 N–H and O–H groups in total. The number of azo groups is 1. The summed E-state index contributed by atoms with van der Waals surface area (Å²) in [5.74, 6) is 0.731. The number of halogens is 1. The standard InChI is InChI=1S/C15H13BrN2O2/c16-10-5-11-20-15-9-4-2-7-13(15)18-17-12-6-1-3-8-14(12)19/h1-10,19H,11H2/b10-5+,18-17?. The van der Waals surface area contributed by atoms with Gasteiger partial charge in [0.25, 0.3) is 0 Å². The molecule has 2 aromatic rings. The number of nitrogens with zero attached hydrogens (tertiary/aromatic N) is 2. The number of ether oxygens (including phenoxy) is 1. The highest BCUT2D eigenvalue weighted by Crippen LogP contribution is 2.31. The zero-order valence-corrected chi connectivity index (χ0v) is 12.2. The fourth-order valence-corrected chi connectivity index (χ4v) is 1.65. The van der Waals surface area contributed by atoms with Gasteiger partial charge in [-0.15, -0.1) is 10.2 Å². The molecule has 0 heterocycles. The first kappa shape index (κ1) is 14.3.